The Bertz CT molecular complexity index is 744. The highest BCUT2D eigenvalue weighted by Gasteiger charge is 2.13. The van der Waals surface area contributed by atoms with Gasteiger partial charge in [0.1, 0.15) is 5.76 Å². The van der Waals surface area contributed by atoms with Gasteiger partial charge in [0.15, 0.2) is 0 Å². The molecule has 0 aliphatic rings. The van der Waals surface area contributed by atoms with Gasteiger partial charge in [-0.3, -0.25) is 10.1 Å². The van der Waals surface area contributed by atoms with Gasteiger partial charge in [-0.05, 0) is 17.7 Å². The molecular weight excluding hydrogens is 340 g/mol. The van der Waals surface area contributed by atoms with Crippen molar-refractivity contribution in [3.05, 3.63) is 64.1 Å². The lowest BCUT2D eigenvalue weighted by molar-refractivity contribution is -0.384. The molecule has 0 fully saturated rings. The fourth-order valence-corrected chi connectivity index (χ4v) is 3.89. The van der Waals surface area contributed by atoms with Crippen molar-refractivity contribution < 1.29 is 17.8 Å². The van der Waals surface area contributed by atoms with Crippen LogP contribution in [0, 0.1) is 10.1 Å². The monoisotopic (exact) mass is 356 g/mol. The van der Waals surface area contributed by atoms with Crippen LogP contribution in [0.5, 0.6) is 0 Å². The molecule has 0 unspecified atom stereocenters. The van der Waals surface area contributed by atoms with Gasteiger partial charge in [-0.1, -0.05) is 12.1 Å². The van der Waals surface area contributed by atoms with Crippen LogP contribution in [0.25, 0.3) is 0 Å². The molecule has 1 aromatic heterocycles. The number of nitrogens with zero attached hydrogens (tertiary/aromatic N) is 1. The van der Waals surface area contributed by atoms with Crippen LogP contribution in [-0.2, 0) is 21.5 Å². The summed E-state index contributed by atoms with van der Waals surface area (Å²) < 4.78 is 31.6. The van der Waals surface area contributed by atoms with E-state index in [1.165, 1.54) is 18.2 Å². The summed E-state index contributed by atoms with van der Waals surface area (Å²) in [5, 5.41) is 10.7. The summed E-state index contributed by atoms with van der Waals surface area (Å²) in [7, 11) is -3.52. The van der Waals surface area contributed by atoms with Gasteiger partial charge in [0.05, 0.1) is 22.7 Å². The maximum Gasteiger partial charge on any atom is 0.269 e. The van der Waals surface area contributed by atoms with Crippen molar-refractivity contribution in [1.82, 2.24) is 4.72 Å². The fraction of sp³-hybridized carbons (Fsp3) is 0.286. The van der Waals surface area contributed by atoms with Crippen LogP contribution in [0.2, 0.25) is 0 Å². The molecular formula is C14H16N2O5S2. The van der Waals surface area contributed by atoms with Gasteiger partial charge < -0.3 is 4.42 Å². The van der Waals surface area contributed by atoms with Crippen LogP contribution in [0.3, 0.4) is 0 Å². The van der Waals surface area contributed by atoms with Crippen LogP contribution < -0.4 is 4.72 Å². The molecule has 2 aromatic rings. The smallest absolute Gasteiger partial charge is 0.269 e. The minimum absolute atomic E-state index is 0.119. The van der Waals surface area contributed by atoms with Gasteiger partial charge in [0.2, 0.25) is 10.0 Å². The van der Waals surface area contributed by atoms with E-state index in [2.05, 4.69) is 4.72 Å². The zero-order chi connectivity index (χ0) is 16.7. The Balaban J connectivity index is 1.77. The largest absolute Gasteiger partial charge is 0.468 e. The van der Waals surface area contributed by atoms with Crippen molar-refractivity contribution in [2.75, 3.05) is 12.3 Å². The Labute approximate surface area is 138 Å². The summed E-state index contributed by atoms with van der Waals surface area (Å²) in [6.07, 6.45) is 1.59. The van der Waals surface area contributed by atoms with Crippen molar-refractivity contribution in [1.29, 1.82) is 0 Å². The SMILES string of the molecule is O=[N+]([O-])c1cccc(CS(=O)(=O)NCCSCc2ccco2)c1. The Morgan fingerprint density at radius 1 is 1.26 bits per heavy atom. The molecule has 0 saturated heterocycles. The average molecular weight is 356 g/mol. The van der Waals surface area contributed by atoms with Gasteiger partial charge in [0.25, 0.3) is 5.69 Å². The average Bonchev–Trinajstić information content (AvgIpc) is 3.00. The van der Waals surface area contributed by atoms with E-state index in [1.807, 2.05) is 6.07 Å². The molecule has 7 nitrogen and oxygen atoms in total. The van der Waals surface area contributed by atoms with Crippen molar-refractivity contribution >= 4 is 27.5 Å². The van der Waals surface area contributed by atoms with Gasteiger partial charge in [-0.15, -0.1) is 0 Å². The lowest BCUT2D eigenvalue weighted by Gasteiger charge is -2.06. The maximum atomic E-state index is 12.0. The molecule has 1 heterocycles. The number of furan rings is 1. The quantitative estimate of drug-likeness (QED) is 0.421. The Hall–Kier alpha value is -1.84. The van der Waals surface area contributed by atoms with Gasteiger partial charge in [-0.2, -0.15) is 11.8 Å². The van der Waals surface area contributed by atoms with E-state index in [4.69, 9.17) is 4.42 Å². The first kappa shape index (κ1) is 17.5. The predicted molar refractivity (Wildman–Crippen MR) is 88.6 cm³/mol. The third-order valence-electron chi connectivity index (χ3n) is 2.87. The van der Waals surface area contributed by atoms with Crippen LogP contribution >= 0.6 is 11.8 Å². The molecule has 23 heavy (non-hydrogen) atoms. The Morgan fingerprint density at radius 2 is 2.09 bits per heavy atom. The number of benzene rings is 1. The highest BCUT2D eigenvalue weighted by molar-refractivity contribution is 7.98. The number of non-ortho nitro benzene ring substituents is 1. The number of thioether (sulfide) groups is 1. The summed E-state index contributed by atoms with van der Waals surface area (Å²) in [4.78, 5) is 10.1. The van der Waals surface area contributed by atoms with E-state index in [0.717, 1.165) is 5.76 Å². The maximum absolute atomic E-state index is 12.0. The molecule has 0 aliphatic carbocycles. The van der Waals surface area contributed by atoms with Crippen LogP contribution in [0.15, 0.2) is 47.1 Å². The van der Waals surface area contributed by atoms with Crippen molar-refractivity contribution in [2.45, 2.75) is 11.5 Å². The minimum Gasteiger partial charge on any atom is -0.468 e. The van der Waals surface area contributed by atoms with E-state index in [1.54, 1.807) is 30.2 Å². The third kappa shape index (κ3) is 6.05. The fourth-order valence-electron chi connectivity index (χ4n) is 1.87. The first-order chi connectivity index (χ1) is 11.0. The molecule has 2 rings (SSSR count). The molecule has 0 saturated carbocycles. The van der Waals surface area contributed by atoms with Crippen molar-refractivity contribution in [3.63, 3.8) is 0 Å². The predicted octanol–water partition coefficient (Wildman–Crippen LogP) is 2.54. The van der Waals surface area contributed by atoms with Crippen molar-refractivity contribution in [3.8, 4) is 0 Å². The molecule has 124 valence electrons. The van der Waals surface area contributed by atoms with Crippen LogP contribution in [0.1, 0.15) is 11.3 Å². The summed E-state index contributed by atoms with van der Waals surface area (Å²) in [5.74, 6) is 1.85. The second kappa shape index (κ2) is 8.14. The first-order valence-electron chi connectivity index (χ1n) is 6.77. The number of nitrogens with one attached hydrogen (secondary N) is 1. The molecule has 1 N–H and O–H groups in total. The molecule has 0 spiro atoms. The number of rotatable bonds is 9. The normalized spacial score (nSPS) is 11.5. The summed E-state index contributed by atoms with van der Waals surface area (Å²) >= 11 is 1.55. The van der Waals surface area contributed by atoms with E-state index in [9.17, 15) is 18.5 Å². The zero-order valence-corrected chi connectivity index (χ0v) is 13.8. The molecule has 1 aromatic carbocycles. The standard InChI is InChI=1S/C14H16N2O5S2/c17-16(18)13-4-1-3-12(9-13)11-23(19,20)15-6-8-22-10-14-5-2-7-21-14/h1-5,7,9,15H,6,8,10-11H2. The first-order valence-corrected chi connectivity index (χ1v) is 9.58. The summed E-state index contributed by atoms with van der Waals surface area (Å²) in [6, 6.07) is 9.29. The number of nitro benzene ring substituents is 1. The van der Waals surface area contributed by atoms with E-state index in [-0.39, 0.29) is 11.4 Å². The second-order valence-corrected chi connectivity index (χ2v) is 7.62. The molecule has 0 amide bonds. The number of sulfonamides is 1. The lowest BCUT2D eigenvalue weighted by atomic mass is 10.2. The Kier molecular flexibility index (Phi) is 6.20. The van der Waals surface area contributed by atoms with Gasteiger partial charge in [0, 0.05) is 24.4 Å². The van der Waals surface area contributed by atoms with Gasteiger partial charge in [-0.25, -0.2) is 13.1 Å². The number of hydrogen-bond acceptors (Lipinski definition) is 6. The van der Waals surface area contributed by atoms with E-state index in [0.29, 0.717) is 23.6 Å². The Morgan fingerprint density at radius 3 is 2.78 bits per heavy atom. The van der Waals surface area contributed by atoms with E-state index < -0.39 is 14.9 Å². The molecule has 9 heteroatoms. The summed E-state index contributed by atoms with van der Waals surface area (Å²) in [5.41, 5.74) is 0.265. The van der Waals surface area contributed by atoms with Crippen LogP contribution in [-0.4, -0.2) is 25.6 Å². The van der Waals surface area contributed by atoms with Crippen LogP contribution in [0.4, 0.5) is 5.69 Å². The minimum atomic E-state index is -3.52. The lowest BCUT2D eigenvalue weighted by Crippen LogP contribution is -2.27. The highest BCUT2D eigenvalue weighted by Crippen LogP contribution is 2.15. The third-order valence-corrected chi connectivity index (χ3v) is 5.21. The molecule has 0 radical (unpaired) electrons. The zero-order valence-electron chi connectivity index (χ0n) is 12.2. The molecule has 0 aliphatic heterocycles. The van der Waals surface area contributed by atoms with Gasteiger partial charge >= 0.3 is 0 Å². The molecule has 0 bridgehead atoms. The molecule has 0 atom stereocenters. The topological polar surface area (TPSA) is 102 Å². The number of hydrogen-bond donors (Lipinski definition) is 1. The highest BCUT2D eigenvalue weighted by atomic mass is 32.2. The van der Waals surface area contributed by atoms with Crippen molar-refractivity contribution in [2.24, 2.45) is 0 Å². The summed E-state index contributed by atoms with van der Waals surface area (Å²) in [6.45, 7) is 0.294. The van der Waals surface area contributed by atoms with E-state index >= 15 is 0 Å². The second-order valence-electron chi connectivity index (χ2n) is 4.71. The number of nitro groups is 1.